The van der Waals surface area contributed by atoms with E-state index in [0.717, 1.165) is 32.1 Å². The Kier molecular flexibility index (Phi) is 8.04. The van der Waals surface area contributed by atoms with Crippen LogP contribution < -0.4 is 5.32 Å². The largest absolute Gasteiger partial charge is 0.449 e. The van der Waals surface area contributed by atoms with Crippen molar-refractivity contribution in [1.82, 2.24) is 9.62 Å². The summed E-state index contributed by atoms with van der Waals surface area (Å²) in [5.41, 5.74) is -0.960. The Hall–Kier alpha value is -2.15. The topological polar surface area (TPSA) is 117 Å². The van der Waals surface area contributed by atoms with Gasteiger partial charge < -0.3 is 10.1 Å². The van der Waals surface area contributed by atoms with E-state index in [4.69, 9.17) is 16.3 Å². The summed E-state index contributed by atoms with van der Waals surface area (Å²) in [7, 11) is -3.88. The van der Waals surface area contributed by atoms with Crippen LogP contribution in [0.2, 0.25) is 5.02 Å². The van der Waals surface area contributed by atoms with Gasteiger partial charge in [0.2, 0.25) is 10.0 Å². The predicted molar refractivity (Wildman–Crippen MR) is 123 cm³/mol. The maximum atomic E-state index is 13.1. The van der Waals surface area contributed by atoms with Gasteiger partial charge in [-0.3, -0.25) is 4.79 Å². The van der Waals surface area contributed by atoms with Crippen LogP contribution in [0.15, 0.2) is 23.1 Å². The van der Waals surface area contributed by atoms with Crippen LogP contribution >= 0.6 is 11.6 Å². The van der Waals surface area contributed by atoms with Crippen molar-refractivity contribution in [3.63, 3.8) is 0 Å². The number of sulfonamides is 1. The Bertz CT molecular complexity index is 1050. The molecule has 1 saturated heterocycles. The third kappa shape index (κ3) is 5.86. The van der Waals surface area contributed by atoms with E-state index in [1.165, 1.54) is 29.4 Å². The lowest BCUT2D eigenvalue weighted by molar-refractivity contribution is -0.130. The highest BCUT2D eigenvalue weighted by Crippen LogP contribution is 2.30. The monoisotopic (exact) mass is 495 g/mol. The number of rotatable bonds is 6. The first-order valence-corrected chi connectivity index (χ1v) is 13.1. The summed E-state index contributed by atoms with van der Waals surface area (Å²) < 4.78 is 33.0. The van der Waals surface area contributed by atoms with E-state index in [-0.39, 0.29) is 21.4 Å². The number of carbonyl (C=O) groups is 2. The fourth-order valence-electron chi connectivity index (χ4n) is 4.37. The first-order valence-electron chi connectivity index (χ1n) is 11.3. The smallest absolute Gasteiger partial charge is 0.338 e. The Morgan fingerprint density at radius 3 is 2.61 bits per heavy atom. The molecule has 1 aliphatic heterocycles. The van der Waals surface area contributed by atoms with Gasteiger partial charge in [-0.25, -0.2) is 13.2 Å². The van der Waals surface area contributed by atoms with Crippen LogP contribution in [0, 0.1) is 17.2 Å². The van der Waals surface area contributed by atoms with Crippen LogP contribution in [0.3, 0.4) is 0 Å². The number of hydrogen-bond donors (Lipinski definition) is 1. The molecule has 1 saturated carbocycles. The summed E-state index contributed by atoms with van der Waals surface area (Å²) in [4.78, 5) is 25.1. The van der Waals surface area contributed by atoms with E-state index in [0.29, 0.717) is 25.9 Å². The lowest BCUT2D eigenvalue weighted by Crippen LogP contribution is -2.52. The van der Waals surface area contributed by atoms with E-state index in [9.17, 15) is 23.3 Å². The van der Waals surface area contributed by atoms with Gasteiger partial charge in [0.1, 0.15) is 10.4 Å². The van der Waals surface area contributed by atoms with Crippen LogP contribution in [0.1, 0.15) is 69.2 Å². The molecule has 2 aliphatic rings. The SMILES string of the molecule is CC1CCCN(S(=O)(=O)c2cc(C(=O)OC(C)C(=O)NC3(C#N)CCCCC3)ccc2Cl)C1. The Morgan fingerprint density at radius 2 is 1.97 bits per heavy atom. The van der Waals surface area contributed by atoms with Crippen molar-refractivity contribution in [3.05, 3.63) is 28.8 Å². The molecule has 1 heterocycles. The minimum absolute atomic E-state index is 0.0174. The highest BCUT2D eigenvalue weighted by Gasteiger charge is 2.36. The van der Waals surface area contributed by atoms with Gasteiger partial charge in [-0.2, -0.15) is 9.57 Å². The van der Waals surface area contributed by atoms with Crippen molar-refractivity contribution in [2.75, 3.05) is 13.1 Å². The molecule has 0 radical (unpaired) electrons. The van der Waals surface area contributed by atoms with Gasteiger partial charge >= 0.3 is 5.97 Å². The standard InChI is InChI=1S/C23H30ClN3O5S/c1-16-7-6-12-27(14-16)33(30,31)20-13-18(8-9-19(20)24)22(29)32-17(2)21(28)26-23(15-25)10-4-3-5-11-23/h8-9,13,16-17H,3-7,10-12,14H2,1-2H3,(H,26,28). The van der Waals surface area contributed by atoms with E-state index in [1.54, 1.807) is 0 Å². The quantitative estimate of drug-likeness (QED) is 0.602. The summed E-state index contributed by atoms with van der Waals surface area (Å²) >= 11 is 6.18. The normalized spacial score (nSPS) is 22.1. The summed E-state index contributed by atoms with van der Waals surface area (Å²) in [5.74, 6) is -1.16. The second-order valence-corrected chi connectivity index (χ2v) is 11.4. The fourth-order valence-corrected chi connectivity index (χ4v) is 6.47. The van der Waals surface area contributed by atoms with E-state index in [2.05, 4.69) is 11.4 Å². The number of benzene rings is 1. The zero-order valence-corrected chi connectivity index (χ0v) is 20.5. The molecule has 2 fully saturated rings. The molecule has 2 atom stereocenters. The van der Waals surface area contributed by atoms with Crippen molar-refractivity contribution in [1.29, 1.82) is 5.26 Å². The number of nitrogens with one attached hydrogen (secondary N) is 1. The van der Waals surface area contributed by atoms with Gasteiger partial charge in [-0.1, -0.05) is 37.8 Å². The average molecular weight is 496 g/mol. The van der Waals surface area contributed by atoms with Crippen LogP contribution in [0.5, 0.6) is 0 Å². The molecule has 0 spiro atoms. The molecule has 0 bridgehead atoms. The zero-order valence-electron chi connectivity index (χ0n) is 19.0. The molecule has 1 aromatic carbocycles. The molecule has 1 aliphatic carbocycles. The van der Waals surface area contributed by atoms with Crippen molar-refractivity contribution in [2.45, 2.75) is 75.3 Å². The highest BCUT2D eigenvalue weighted by atomic mass is 35.5. The number of piperidine rings is 1. The molecular formula is C23H30ClN3O5S. The van der Waals surface area contributed by atoms with Gasteiger partial charge in [-0.15, -0.1) is 0 Å². The van der Waals surface area contributed by atoms with Crippen molar-refractivity contribution >= 4 is 33.5 Å². The molecule has 2 unspecified atom stereocenters. The summed E-state index contributed by atoms with van der Waals surface area (Å²) in [6.45, 7) is 4.21. The highest BCUT2D eigenvalue weighted by molar-refractivity contribution is 7.89. The summed E-state index contributed by atoms with van der Waals surface area (Å²) in [5, 5.41) is 12.3. The van der Waals surface area contributed by atoms with Gasteiger partial charge in [0.25, 0.3) is 5.91 Å². The molecule has 8 nitrogen and oxygen atoms in total. The van der Waals surface area contributed by atoms with Gasteiger partial charge in [0.05, 0.1) is 16.7 Å². The van der Waals surface area contributed by atoms with Crippen molar-refractivity contribution < 1.29 is 22.7 Å². The second-order valence-electron chi connectivity index (χ2n) is 9.05. The Balaban J connectivity index is 1.72. The molecule has 180 valence electrons. The Morgan fingerprint density at radius 1 is 1.27 bits per heavy atom. The maximum Gasteiger partial charge on any atom is 0.338 e. The average Bonchev–Trinajstić information content (AvgIpc) is 2.79. The lowest BCUT2D eigenvalue weighted by atomic mass is 9.83. The molecule has 10 heteroatoms. The number of ether oxygens (including phenoxy) is 1. The molecule has 1 amide bonds. The summed E-state index contributed by atoms with van der Waals surface area (Å²) in [6, 6.07) is 6.10. The third-order valence-corrected chi connectivity index (χ3v) is 8.69. The van der Waals surface area contributed by atoms with Gasteiger partial charge in [-0.05, 0) is 56.7 Å². The van der Waals surface area contributed by atoms with Crippen molar-refractivity contribution in [3.8, 4) is 6.07 Å². The minimum Gasteiger partial charge on any atom is -0.449 e. The molecule has 3 rings (SSSR count). The van der Waals surface area contributed by atoms with Crippen molar-refractivity contribution in [2.24, 2.45) is 5.92 Å². The van der Waals surface area contributed by atoms with Crippen LogP contribution in [-0.4, -0.2) is 49.3 Å². The molecule has 1 N–H and O–H groups in total. The molecule has 1 aromatic rings. The number of halogens is 1. The predicted octanol–water partition coefficient (Wildman–Crippen LogP) is 3.65. The van der Waals surface area contributed by atoms with E-state index < -0.39 is 33.5 Å². The minimum atomic E-state index is -3.88. The fraction of sp³-hybridized carbons (Fsp3) is 0.609. The van der Waals surface area contributed by atoms with Crippen LogP contribution in [0.25, 0.3) is 0 Å². The first-order chi connectivity index (χ1) is 15.6. The van der Waals surface area contributed by atoms with Gasteiger partial charge in [0.15, 0.2) is 6.10 Å². The number of nitrogens with zero attached hydrogens (tertiary/aromatic N) is 2. The number of carbonyl (C=O) groups excluding carboxylic acids is 2. The summed E-state index contributed by atoms with van der Waals surface area (Å²) in [6.07, 6.45) is 4.40. The maximum absolute atomic E-state index is 13.1. The van der Waals surface area contributed by atoms with Gasteiger partial charge in [0, 0.05) is 13.1 Å². The second kappa shape index (κ2) is 10.4. The number of amides is 1. The lowest BCUT2D eigenvalue weighted by Gasteiger charge is -2.32. The molecular weight excluding hydrogens is 466 g/mol. The van der Waals surface area contributed by atoms with Crippen LogP contribution in [-0.2, 0) is 19.6 Å². The van der Waals surface area contributed by atoms with Crippen LogP contribution in [0.4, 0.5) is 0 Å². The third-order valence-electron chi connectivity index (χ3n) is 6.34. The van der Waals surface area contributed by atoms with E-state index in [1.807, 2.05) is 6.92 Å². The molecule has 0 aromatic heterocycles. The number of hydrogen-bond acceptors (Lipinski definition) is 6. The zero-order chi connectivity index (χ0) is 24.2. The van der Waals surface area contributed by atoms with E-state index >= 15 is 0 Å². The Labute approximate surface area is 200 Å². The first kappa shape index (κ1) is 25.5. The number of nitriles is 1. The molecule has 33 heavy (non-hydrogen) atoms. The number of esters is 1.